The van der Waals surface area contributed by atoms with Crippen LogP contribution in [0.5, 0.6) is 0 Å². The van der Waals surface area contributed by atoms with Gasteiger partial charge in [-0.15, -0.1) is 0 Å². The van der Waals surface area contributed by atoms with E-state index in [1.165, 1.54) is 0 Å². The van der Waals surface area contributed by atoms with Gasteiger partial charge in [0.05, 0.1) is 0 Å². The van der Waals surface area contributed by atoms with E-state index in [0.717, 1.165) is 53.9 Å². The number of piperidine rings is 1. The Bertz CT molecular complexity index is 416. The summed E-state index contributed by atoms with van der Waals surface area (Å²) < 4.78 is 0. The number of benzene rings is 1. The fourth-order valence-corrected chi connectivity index (χ4v) is 3.22. The number of amides is 1. The summed E-state index contributed by atoms with van der Waals surface area (Å²) in [4.78, 5) is 14.4. The summed E-state index contributed by atoms with van der Waals surface area (Å²) in [5.74, 6) is 0.920. The zero-order valence-corrected chi connectivity index (χ0v) is 12.7. The molecule has 1 aliphatic heterocycles. The normalized spacial score (nSPS) is 16.9. The predicted octanol–water partition coefficient (Wildman–Crippen LogP) is 3.55. The number of aryl methyl sites for hydroxylation is 2. The number of hydrogen-bond donors (Lipinski definition) is 0. The van der Waals surface area contributed by atoms with Gasteiger partial charge >= 0.3 is 0 Å². The number of carbonyl (C=O) groups excluding carboxylic acids is 1. The maximum Gasteiger partial charge on any atom is 0.253 e. The molecule has 3 heteroatoms. The van der Waals surface area contributed by atoms with Crippen molar-refractivity contribution in [3.8, 4) is 0 Å². The molecule has 0 aromatic heterocycles. The van der Waals surface area contributed by atoms with Crippen LogP contribution in [0.25, 0.3) is 0 Å². The molecule has 18 heavy (non-hydrogen) atoms. The zero-order valence-electron chi connectivity index (χ0n) is 11.1. The SMILES string of the molecule is Cc1cc(C)cc(C(=O)N2CCC(CBr)CC2)c1. The van der Waals surface area contributed by atoms with Gasteiger partial charge in [-0.05, 0) is 44.7 Å². The van der Waals surface area contributed by atoms with Crippen LogP contribution in [0.1, 0.15) is 34.3 Å². The van der Waals surface area contributed by atoms with E-state index in [4.69, 9.17) is 0 Å². The molecule has 1 heterocycles. The van der Waals surface area contributed by atoms with Gasteiger partial charge in [0.2, 0.25) is 0 Å². The van der Waals surface area contributed by atoms with Crippen LogP contribution in [0.3, 0.4) is 0 Å². The first-order valence-electron chi connectivity index (χ1n) is 6.53. The second-order valence-electron chi connectivity index (χ2n) is 5.27. The Labute approximate surface area is 117 Å². The van der Waals surface area contributed by atoms with Crippen molar-refractivity contribution in [2.24, 2.45) is 5.92 Å². The number of hydrogen-bond acceptors (Lipinski definition) is 1. The fraction of sp³-hybridized carbons (Fsp3) is 0.533. The Morgan fingerprint density at radius 1 is 1.22 bits per heavy atom. The lowest BCUT2D eigenvalue weighted by Gasteiger charge is -2.31. The summed E-state index contributed by atoms with van der Waals surface area (Å²) in [7, 11) is 0. The number of likely N-dealkylation sites (tertiary alicyclic amines) is 1. The number of nitrogens with zero attached hydrogens (tertiary/aromatic N) is 1. The van der Waals surface area contributed by atoms with Gasteiger partial charge in [-0.25, -0.2) is 0 Å². The smallest absolute Gasteiger partial charge is 0.253 e. The quantitative estimate of drug-likeness (QED) is 0.765. The summed E-state index contributed by atoms with van der Waals surface area (Å²) in [5.41, 5.74) is 3.16. The lowest BCUT2D eigenvalue weighted by molar-refractivity contribution is 0.0699. The Kier molecular flexibility index (Phi) is 4.44. The van der Waals surface area contributed by atoms with E-state index < -0.39 is 0 Å². The fourth-order valence-electron chi connectivity index (χ4n) is 2.57. The molecular weight excluding hydrogens is 290 g/mol. The van der Waals surface area contributed by atoms with Gasteiger partial charge < -0.3 is 4.90 Å². The molecule has 0 bridgehead atoms. The van der Waals surface area contributed by atoms with Crippen LogP contribution in [-0.4, -0.2) is 29.2 Å². The minimum absolute atomic E-state index is 0.190. The molecule has 0 saturated carbocycles. The first-order valence-corrected chi connectivity index (χ1v) is 7.66. The molecule has 98 valence electrons. The van der Waals surface area contributed by atoms with E-state index in [2.05, 4.69) is 22.0 Å². The van der Waals surface area contributed by atoms with Gasteiger partial charge in [-0.1, -0.05) is 33.1 Å². The Morgan fingerprint density at radius 3 is 2.28 bits per heavy atom. The zero-order chi connectivity index (χ0) is 13.1. The molecule has 1 saturated heterocycles. The lowest BCUT2D eigenvalue weighted by Crippen LogP contribution is -2.38. The molecule has 0 radical (unpaired) electrons. The van der Waals surface area contributed by atoms with E-state index in [9.17, 15) is 4.79 Å². The van der Waals surface area contributed by atoms with Crippen molar-refractivity contribution < 1.29 is 4.79 Å². The maximum atomic E-state index is 12.4. The minimum Gasteiger partial charge on any atom is -0.339 e. The van der Waals surface area contributed by atoms with Gasteiger partial charge in [-0.3, -0.25) is 4.79 Å². The van der Waals surface area contributed by atoms with Gasteiger partial charge in [0.1, 0.15) is 0 Å². The first kappa shape index (κ1) is 13.6. The van der Waals surface area contributed by atoms with Gasteiger partial charge in [-0.2, -0.15) is 0 Å². The third kappa shape index (κ3) is 3.14. The van der Waals surface area contributed by atoms with Crippen LogP contribution in [0, 0.1) is 19.8 Å². The van der Waals surface area contributed by atoms with Gasteiger partial charge in [0.25, 0.3) is 5.91 Å². The van der Waals surface area contributed by atoms with E-state index >= 15 is 0 Å². The number of rotatable bonds is 2. The highest BCUT2D eigenvalue weighted by Gasteiger charge is 2.23. The monoisotopic (exact) mass is 309 g/mol. The highest BCUT2D eigenvalue weighted by molar-refractivity contribution is 9.09. The molecule has 1 amide bonds. The Morgan fingerprint density at radius 2 is 1.78 bits per heavy atom. The predicted molar refractivity (Wildman–Crippen MR) is 78.3 cm³/mol. The molecular formula is C15H20BrNO. The maximum absolute atomic E-state index is 12.4. The van der Waals surface area contributed by atoms with Crippen LogP contribution in [0.15, 0.2) is 18.2 Å². The molecule has 2 nitrogen and oxygen atoms in total. The molecule has 2 rings (SSSR count). The van der Waals surface area contributed by atoms with Gasteiger partial charge in [0.15, 0.2) is 0 Å². The average Bonchev–Trinajstić information content (AvgIpc) is 2.37. The Hall–Kier alpha value is -0.830. The molecule has 1 aromatic carbocycles. The summed E-state index contributed by atoms with van der Waals surface area (Å²) in [6, 6.07) is 6.09. The first-order chi connectivity index (χ1) is 8.60. The topological polar surface area (TPSA) is 20.3 Å². The van der Waals surface area contributed by atoms with Gasteiger partial charge in [0, 0.05) is 24.0 Å². The largest absolute Gasteiger partial charge is 0.339 e. The molecule has 1 aromatic rings. The summed E-state index contributed by atoms with van der Waals surface area (Å²) in [6.07, 6.45) is 2.23. The number of carbonyl (C=O) groups is 1. The number of halogens is 1. The van der Waals surface area contributed by atoms with E-state index in [1.807, 2.05) is 30.9 Å². The third-order valence-corrected chi connectivity index (χ3v) is 4.50. The second kappa shape index (κ2) is 5.87. The Balaban J connectivity index is 2.07. The molecule has 0 aliphatic carbocycles. The van der Waals surface area contributed by atoms with Crippen LogP contribution in [0.4, 0.5) is 0 Å². The second-order valence-corrected chi connectivity index (χ2v) is 5.91. The summed E-state index contributed by atoms with van der Waals surface area (Å²) in [6.45, 7) is 5.87. The molecule has 1 aliphatic rings. The van der Waals surface area contributed by atoms with Crippen molar-refractivity contribution in [2.75, 3.05) is 18.4 Å². The van der Waals surface area contributed by atoms with E-state index in [0.29, 0.717) is 0 Å². The molecule has 1 fully saturated rings. The highest BCUT2D eigenvalue weighted by Crippen LogP contribution is 2.21. The van der Waals surface area contributed by atoms with E-state index in [1.54, 1.807) is 0 Å². The molecule has 0 atom stereocenters. The molecule has 0 N–H and O–H groups in total. The van der Waals surface area contributed by atoms with Crippen LogP contribution >= 0.6 is 15.9 Å². The van der Waals surface area contributed by atoms with Crippen LogP contribution in [-0.2, 0) is 0 Å². The standard InChI is InChI=1S/C15H20BrNO/c1-11-7-12(2)9-14(8-11)15(18)17-5-3-13(10-16)4-6-17/h7-9,13H,3-6,10H2,1-2H3. The van der Waals surface area contributed by atoms with Crippen molar-refractivity contribution in [3.05, 3.63) is 34.9 Å². The van der Waals surface area contributed by atoms with Crippen molar-refractivity contribution >= 4 is 21.8 Å². The molecule has 0 unspecified atom stereocenters. The average molecular weight is 310 g/mol. The minimum atomic E-state index is 0.190. The third-order valence-electron chi connectivity index (χ3n) is 3.59. The van der Waals surface area contributed by atoms with E-state index in [-0.39, 0.29) is 5.91 Å². The van der Waals surface area contributed by atoms with Crippen molar-refractivity contribution in [2.45, 2.75) is 26.7 Å². The highest BCUT2D eigenvalue weighted by atomic mass is 79.9. The van der Waals surface area contributed by atoms with Crippen LogP contribution in [0.2, 0.25) is 0 Å². The van der Waals surface area contributed by atoms with Crippen molar-refractivity contribution in [3.63, 3.8) is 0 Å². The van der Waals surface area contributed by atoms with Crippen molar-refractivity contribution in [1.29, 1.82) is 0 Å². The van der Waals surface area contributed by atoms with Crippen LogP contribution < -0.4 is 0 Å². The summed E-state index contributed by atoms with van der Waals surface area (Å²) in [5, 5.41) is 1.05. The molecule has 0 spiro atoms. The summed E-state index contributed by atoms with van der Waals surface area (Å²) >= 11 is 3.53. The van der Waals surface area contributed by atoms with Crippen molar-refractivity contribution in [1.82, 2.24) is 4.90 Å². The lowest BCUT2D eigenvalue weighted by atomic mass is 9.98. The number of alkyl halides is 1.